The minimum absolute atomic E-state index is 0.0882. The first-order valence-corrected chi connectivity index (χ1v) is 8.82. The number of aromatic nitrogens is 1. The Balaban J connectivity index is 1.81. The molecule has 148 valence electrons. The van der Waals surface area contributed by atoms with Gasteiger partial charge in [0.1, 0.15) is 11.5 Å². The van der Waals surface area contributed by atoms with E-state index in [-0.39, 0.29) is 17.4 Å². The van der Waals surface area contributed by atoms with E-state index in [9.17, 15) is 14.9 Å². The minimum Gasteiger partial charge on any atom is -0.497 e. The Morgan fingerprint density at radius 1 is 1.21 bits per heavy atom. The molecule has 2 aromatic carbocycles. The van der Waals surface area contributed by atoms with Crippen LogP contribution in [-0.2, 0) is 4.79 Å². The lowest BCUT2D eigenvalue weighted by Gasteiger charge is -2.12. The maximum Gasteiger partial charge on any atom is 0.270 e. The number of amides is 1. The Labute approximate surface area is 171 Å². The van der Waals surface area contributed by atoms with Gasteiger partial charge in [-0.25, -0.2) is 4.98 Å². The molecule has 9 heteroatoms. The predicted molar refractivity (Wildman–Crippen MR) is 108 cm³/mol. The minimum atomic E-state index is -0.492. The summed E-state index contributed by atoms with van der Waals surface area (Å²) in [6.45, 7) is -0.313. The van der Waals surface area contributed by atoms with Crippen LogP contribution >= 0.6 is 11.6 Å². The Morgan fingerprint density at radius 2 is 1.97 bits per heavy atom. The molecule has 29 heavy (non-hydrogen) atoms. The number of hydrogen-bond donors (Lipinski definition) is 1. The summed E-state index contributed by atoms with van der Waals surface area (Å²) in [5, 5.41) is 13.9. The van der Waals surface area contributed by atoms with Gasteiger partial charge in [-0.1, -0.05) is 23.7 Å². The smallest absolute Gasteiger partial charge is 0.270 e. The Bertz CT molecular complexity index is 1040. The van der Waals surface area contributed by atoms with E-state index < -0.39 is 10.8 Å². The normalized spacial score (nSPS) is 10.3. The van der Waals surface area contributed by atoms with Gasteiger partial charge >= 0.3 is 0 Å². The average Bonchev–Trinajstić information content (AvgIpc) is 2.74. The zero-order valence-electron chi connectivity index (χ0n) is 15.3. The molecule has 8 nitrogen and oxygen atoms in total. The van der Waals surface area contributed by atoms with Crippen molar-refractivity contribution in [2.75, 3.05) is 19.0 Å². The first kappa shape index (κ1) is 20.1. The van der Waals surface area contributed by atoms with Gasteiger partial charge in [0.2, 0.25) is 0 Å². The number of nitro groups is 1. The molecule has 1 heterocycles. The van der Waals surface area contributed by atoms with Gasteiger partial charge in [-0.15, -0.1) is 0 Å². The summed E-state index contributed by atoms with van der Waals surface area (Å²) in [5.41, 5.74) is 1.44. The number of benzene rings is 2. The maximum absolute atomic E-state index is 12.2. The average molecular weight is 414 g/mol. The van der Waals surface area contributed by atoms with Crippen LogP contribution in [0, 0.1) is 10.1 Å². The van der Waals surface area contributed by atoms with Crippen molar-refractivity contribution in [2.45, 2.75) is 0 Å². The van der Waals surface area contributed by atoms with Crippen molar-refractivity contribution < 1.29 is 19.2 Å². The number of carbonyl (C=O) groups excluding carboxylic acids is 1. The van der Waals surface area contributed by atoms with E-state index >= 15 is 0 Å². The van der Waals surface area contributed by atoms with E-state index in [4.69, 9.17) is 21.1 Å². The highest BCUT2D eigenvalue weighted by Crippen LogP contribution is 2.34. The molecule has 1 amide bonds. The van der Waals surface area contributed by atoms with Crippen LogP contribution in [0.4, 0.5) is 11.4 Å². The number of non-ortho nitro benzene ring substituents is 1. The van der Waals surface area contributed by atoms with Crippen molar-refractivity contribution in [1.82, 2.24) is 4.98 Å². The number of rotatable bonds is 7. The molecule has 3 rings (SSSR count). The van der Waals surface area contributed by atoms with Gasteiger partial charge in [-0.05, 0) is 35.9 Å². The molecule has 0 bridgehead atoms. The number of methoxy groups -OCH3 is 1. The number of halogens is 1. The zero-order chi connectivity index (χ0) is 20.8. The van der Waals surface area contributed by atoms with Gasteiger partial charge in [0.05, 0.1) is 17.7 Å². The van der Waals surface area contributed by atoms with E-state index in [1.165, 1.54) is 24.4 Å². The number of carbonyl (C=O) groups is 1. The van der Waals surface area contributed by atoms with Crippen LogP contribution in [0.2, 0.25) is 5.15 Å². The third-order valence-electron chi connectivity index (χ3n) is 3.97. The molecule has 1 aromatic heterocycles. The van der Waals surface area contributed by atoms with Gasteiger partial charge in [0.15, 0.2) is 11.8 Å². The molecule has 1 N–H and O–H groups in total. The topological polar surface area (TPSA) is 104 Å². The van der Waals surface area contributed by atoms with Gasteiger partial charge in [0.25, 0.3) is 11.6 Å². The van der Waals surface area contributed by atoms with Crippen LogP contribution < -0.4 is 14.8 Å². The summed E-state index contributed by atoms with van der Waals surface area (Å²) in [5.74, 6) is 0.529. The molecule has 0 saturated heterocycles. The Morgan fingerprint density at radius 3 is 2.62 bits per heavy atom. The molecule has 0 atom stereocenters. The lowest BCUT2D eigenvalue weighted by molar-refractivity contribution is -0.384. The molecule has 0 unspecified atom stereocenters. The third kappa shape index (κ3) is 4.99. The summed E-state index contributed by atoms with van der Waals surface area (Å²) < 4.78 is 10.8. The summed E-state index contributed by atoms with van der Waals surface area (Å²) in [6, 6.07) is 14.4. The van der Waals surface area contributed by atoms with Crippen LogP contribution in [0.5, 0.6) is 11.5 Å². The lowest BCUT2D eigenvalue weighted by Crippen LogP contribution is -2.20. The van der Waals surface area contributed by atoms with Gasteiger partial charge in [0, 0.05) is 23.9 Å². The van der Waals surface area contributed by atoms with E-state index in [0.717, 1.165) is 0 Å². The number of hydrogen-bond acceptors (Lipinski definition) is 6. The summed E-state index contributed by atoms with van der Waals surface area (Å²) in [6.07, 6.45) is 1.51. The maximum atomic E-state index is 12.2. The van der Waals surface area contributed by atoms with Crippen molar-refractivity contribution in [1.29, 1.82) is 0 Å². The van der Waals surface area contributed by atoms with E-state index in [1.54, 1.807) is 43.5 Å². The number of ether oxygens (including phenoxy) is 2. The fraction of sp³-hybridized carbons (Fsp3) is 0.100. The molecular formula is C20H16ClN3O5. The van der Waals surface area contributed by atoms with Crippen LogP contribution in [0.15, 0.2) is 60.8 Å². The number of nitrogens with one attached hydrogen (secondary N) is 1. The van der Waals surface area contributed by atoms with Crippen LogP contribution in [0.3, 0.4) is 0 Å². The second kappa shape index (κ2) is 9.03. The molecule has 0 fully saturated rings. The summed E-state index contributed by atoms with van der Waals surface area (Å²) in [4.78, 5) is 26.7. The van der Waals surface area contributed by atoms with Crippen LogP contribution in [0.1, 0.15) is 0 Å². The van der Waals surface area contributed by atoms with Crippen molar-refractivity contribution in [3.8, 4) is 22.6 Å². The molecule has 0 saturated carbocycles. The molecule has 0 aliphatic carbocycles. The highest BCUT2D eigenvalue weighted by atomic mass is 35.5. The standard InChI is InChI=1S/C20H16ClN3O5/c1-28-15-7-4-13(5-8-15)16-11-14(24(26)27)6-9-18(16)29-12-19(25)23-17-3-2-10-22-20(17)21/h2-11H,12H2,1H3,(H,23,25). The van der Waals surface area contributed by atoms with Crippen molar-refractivity contribution in [3.05, 3.63) is 76.1 Å². The molecular weight excluding hydrogens is 398 g/mol. The second-order valence-electron chi connectivity index (χ2n) is 5.84. The summed E-state index contributed by atoms with van der Waals surface area (Å²) in [7, 11) is 1.55. The van der Waals surface area contributed by atoms with Gasteiger partial charge in [-0.2, -0.15) is 0 Å². The molecule has 0 radical (unpaired) electrons. The zero-order valence-corrected chi connectivity index (χ0v) is 16.1. The molecule has 0 aliphatic rings. The highest BCUT2D eigenvalue weighted by Gasteiger charge is 2.15. The molecule has 0 spiro atoms. The largest absolute Gasteiger partial charge is 0.497 e. The van der Waals surface area contributed by atoms with Crippen molar-refractivity contribution in [2.24, 2.45) is 0 Å². The van der Waals surface area contributed by atoms with E-state index in [2.05, 4.69) is 10.3 Å². The second-order valence-corrected chi connectivity index (χ2v) is 6.20. The van der Waals surface area contributed by atoms with E-state index in [0.29, 0.717) is 28.3 Å². The SMILES string of the molecule is COc1ccc(-c2cc([N+](=O)[O-])ccc2OCC(=O)Nc2cccnc2Cl)cc1. The number of pyridine rings is 1. The molecule has 3 aromatic rings. The van der Waals surface area contributed by atoms with Gasteiger partial charge < -0.3 is 14.8 Å². The van der Waals surface area contributed by atoms with E-state index in [1.807, 2.05) is 0 Å². The Hall–Kier alpha value is -3.65. The third-order valence-corrected chi connectivity index (χ3v) is 4.27. The number of nitrogens with zero attached hydrogens (tertiary/aromatic N) is 2. The van der Waals surface area contributed by atoms with Crippen LogP contribution in [-0.4, -0.2) is 29.5 Å². The van der Waals surface area contributed by atoms with Crippen LogP contribution in [0.25, 0.3) is 11.1 Å². The van der Waals surface area contributed by atoms with Crippen molar-refractivity contribution in [3.63, 3.8) is 0 Å². The Kier molecular flexibility index (Phi) is 6.25. The fourth-order valence-corrected chi connectivity index (χ4v) is 2.73. The molecule has 0 aliphatic heterocycles. The summed E-state index contributed by atoms with van der Waals surface area (Å²) >= 11 is 5.92. The lowest BCUT2D eigenvalue weighted by atomic mass is 10.0. The number of nitro benzene ring substituents is 1. The highest BCUT2D eigenvalue weighted by molar-refractivity contribution is 6.32. The van der Waals surface area contributed by atoms with Gasteiger partial charge in [-0.3, -0.25) is 14.9 Å². The monoisotopic (exact) mass is 413 g/mol. The fourth-order valence-electron chi connectivity index (χ4n) is 2.56. The quantitative estimate of drug-likeness (QED) is 0.351. The first-order chi connectivity index (χ1) is 14.0. The first-order valence-electron chi connectivity index (χ1n) is 8.44. The number of anilines is 1. The predicted octanol–water partition coefficient (Wildman–Crippen LogP) is 4.34. The van der Waals surface area contributed by atoms with Crippen molar-refractivity contribution >= 4 is 28.9 Å².